The van der Waals surface area contributed by atoms with Crippen molar-refractivity contribution in [2.75, 3.05) is 31.5 Å². The minimum absolute atomic E-state index is 0.200. The molecule has 1 aromatic carbocycles. The number of anilines is 1. The first-order chi connectivity index (χ1) is 10.6. The lowest BCUT2D eigenvalue weighted by molar-refractivity contribution is 0.115. The van der Waals surface area contributed by atoms with Crippen LogP contribution in [0.15, 0.2) is 18.2 Å². The topological polar surface area (TPSA) is 35.6 Å². The highest BCUT2D eigenvalue weighted by Crippen LogP contribution is 2.24. The zero-order valence-electron chi connectivity index (χ0n) is 13.1. The van der Waals surface area contributed by atoms with Crippen molar-refractivity contribution in [2.45, 2.75) is 38.6 Å². The van der Waals surface area contributed by atoms with E-state index in [1.165, 1.54) is 31.7 Å². The number of hydrogen-bond donors (Lipinski definition) is 1. The maximum Gasteiger partial charge on any atom is 0.322 e. The van der Waals surface area contributed by atoms with Gasteiger partial charge in [0.1, 0.15) is 5.82 Å². The van der Waals surface area contributed by atoms with Gasteiger partial charge in [-0.2, -0.15) is 0 Å². The Morgan fingerprint density at radius 1 is 1.18 bits per heavy atom. The van der Waals surface area contributed by atoms with Gasteiger partial charge in [0.05, 0.1) is 5.69 Å². The van der Waals surface area contributed by atoms with Gasteiger partial charge in [0.15, 0.2) is 0 Å². The van der Waals surface area contributed by atoms with Crippen molar-refractivity contribution >= 4 is 11.7 Å². The van der Waals surface area contributed by atoms with Crippen LogP contribution in [0, 0.1) is 12.7 Å². The van der Waals surface area contributed by atoms with E-state index >= 15 is 0 Å². The van der Waals surface area contributed by atoms with Gasteiger partial charge in [-0.05, 0) is 37.5 Å². The van der Waals surface area contributed by atoms with Crippen LogP contribution in [-0.2, 0) is 0 Å². The van der Waals surface area contributed by atoms with E-state index in [0.717, 1.165) is 31.7 Å². The van der Waals surface area contributed by atoms with Crippen molar-refractivity contribution in [3.05, 3.63) is 29.6 Å². The second-order valence-electron chi connectivity index (χ2n) is 6.37. The van der Waals surface area contributed by atoms with E-state index in [2.05, 4.69) is 10.2 Å². The van der Waals surface area contributed by atoms with Gasteiger partial charge in [0, 0.05) is 32.2 Å². The van der Waals surface area contributed by atoms with E-state index in [1.807, 2.05) is 6.92 Å². The number of nitrogens with one attached hydrogen (secondary N) is 1. The summed E-state index contributed by atoms with van der Waals surface area (Å²) >= 11 is 0. The number of piperazine rings is 1. The summed E-state index contributed by atoms with van der Waals surface area (Å²) in [5.41, 5.74) is 1.11. The van der Waals surface area contributed by atoms with Crippen LogP contribution in [0.1, 0.15) is 31.2 Å². The number of carbonyl (C=O) groups is 1. The fourth-order valence-corrected chi connectivity index (χ4v) is 3.48. The van der Waals surface area contributed by atoms with Gasteiger partial charge in [0.25, 0.3) is 0 Å². The van der Waals surface area contributed by atoms with Crippen LogP contribution in [0.5, 0.6) is 0 Å². The number of amides is 2. The minimum atomic E-state index is -0.377. The number of benzene rings is 1. The highest BCUT2D eigenvalue weighted by Gasteiger charge is 2.27. The van der Waals surface area contributed by atoms with Gasteiger partial charge in [-0.25, -0.2) is 9.18 Å². The molecule has 1 saturated heterocycles. The first kappa shape index (κ1) is 15.3. The molecule has 1 aromatic rings. The molecule has 1 heterocycles. The number of carbonyl (C=O) groups excluding carboxylic acids is 1. The van der Waals surface area contributed by atoms with Crippen LogP contribution >= 0.6 is 0 Å². The molecule has 3 rings (SSSR count). The molecule has 0 atom stereocenters. The standard InChI is InChI=1S/C17H24FN3O/c1-13-6-7-16(15(18)12-13)19-17(22)21-10-8-20(9-11-21)14-4-2-3-5-14/h6-7,12,14H,2-5,8-11H2,1H3,(H,19,22). The molecule has 0 unspecified atom stereocenters. The molecule has 1 N–H and O–H groups in total. The highest BCUT2D eigenvalue weighted by atomic mass is 19.1. The molecule has 22 heavy (non-hydrogen) atoms. The number of aryl methyl sites for hydroxylation is 1. The maximum atomic E-state index is 13.8. The van der Waals surface area contributed by atoms with Crippen LogP contribution in [0.4, 0.5) is 14.9 Å². The molecular formula is C17H24FN3O. The van der Waals surface area contributed by atoms with Crippen LogP contribution in [-0.4, -0.2) is 48.1 Å². The molecule has 2 fully saturated rings. The molecule has 2 amide bonds. The molecule has 0 spiro atoms. The Bertz CT molecular complexity index is 535. The van der Waals surface area contributed by atoms with Crippen molar-refractivity contribution in [1.29, 1.82) is 0 Å². The second-order valence-corrected chi connectivity index (χ2v) is 6.37. The lowest BCUT2D eigenvalue weighted by atomic mass is 10.2. The third-order valence-electron chi connectivity index (χ3n) is 4.81. The molecule has 1 saturated carbocycles. The molecule has 4 nitrogen and oxygen atoms in total. The smallest absolute Gasteiger partial charge is 0.322 e. The highest BCUT2D eigenvalue weighted by molar-refractivity contribution is 5.89. The summed E-state index contributed by atoms with van der Waals surface area (Å²) in [5.74, 6) is -0.377. The molecule has 5 heteroatoms. The predicted octanol–water partition coefficient (Wildman–Crippen LogP) is 3.23. The van der Waals surface area contributed by atoms with Gasteiger partial charge < -0.3 is 10.2 Å². The van der Waals surface area contributed by atoms with Crippen LogP contribution in [0.2, 0.25) is 0 Å². The number of hydrogen-bond acceptors (Lipinski definition) is 2. The third kappa shape index (κ3) is 3.40. The molecule has 0 bridgehead atoms. The SMILES string of the molecule is Cc1ccc(NC(=O)N2CCN(C3CCCC3)CC2)c(F)c1. The van der Waals surface area contributed by atoms with E-state index in [4.69, 9.17) is 0 Å². The van der Waals surface area contributed by atoms with Gasteiger partial charge in [-0.15, -0.1) is 0 Å². The molecule has 2 aliphatic rings. The number of urea groups is 1. The summed E-state index contributed by atoms with van der Waals surface area (Å²) in [7, 11) is 0. The second kappa shape index (κ2) is 6.65. The Morgan fingerprint density at radius 3 is 2.50 bits per heavy atom. The van der Waals surface area contributed by atoms with Crippen LogP contribution in [0.3, 0.4) is 0 Å². The Kier molecular flexibility index (Phi) is 4.62. The predicted molar refractivity (Wildman–Crippen MR) is 85.6 cm³/mol. The summed E-state index contributed by atoms with van der Waals surface area (Å²) in [4.78, 5) is 16.5. The van der Waals surface area contributed by atoms with Gasteiger partial charge in [-0.1, -0.05) is 18.9 Å². The van der Waals surface area contributed by atoms with Crippen molar-refractivity contribution in [2.24, 2.45) is 0 Å². The minimum Gasteiger partial charge on any atom is -0.322 e. The molecule has 120 valence electrons. The Balaban J connectivity index is 1.53. The fourth-order valence-electron chi connectivity index (χ4n) is 3.48. The summed E-state index contributed by atoms with van der Waals surface area (Å²) in [6.07, 6.45) is 5.25. The fraction of sp³-hybridized carbons (Fsp3) is 0.588. The third-order valence-corrected chi connectivity index (χ3v) is 4.81. The Labute approximate surface area is 131 Å². The molecular weight excluding hydrogens is 281 g/mol. The van der Waals surface area contributed by atoms with Crippen LogP contribution in [0.25, 0.3) is 0 Å². The molecule has 0 aromatic heterocycles. The number of halogens is 1. The summed E-state index contributed by atoms with van der Waals surface area (Å²) in [6.45, 7) is 5.12. The van der Waals surface area contributed by atoms with Crippen molar-refractivity contribution in [3.63, 3.8) is 0 Å². The zero-order chi connectivity index (χ0) is 15.5. The van der Waals surface area contributed by atoms with E-state index in [9.17, 15) is 9.18 Å². The van der Waals surface area contributed by atoms with E-state index in [-0.39, 0.29) is 17.5 Å². The van der Waals surface area contributed by atoms with E-state index in [0.29, 0.717) is 6.04 Å². The summed E-state index contributed by atoms with van der Waals surface area (Å²) in [5, 5.41) is 2.68. The Morgan fingerprint density at radius 2 is 1.86 bits per heavy atom. The lowest BCUT2D eigenvalue weighted by Crippen LogP contribution is -2.52. The van der Waals surface area contributed by atoms with Gasteiger partial charge in [-0.3, -0.25) is 4.90 Å². The van der Waals surface area contributed by atoms with Crippen molar-refractivity contribution in [3.8, 4) is 0 Å². The first-order valence-corrected chi connectivity index (χ1v) is 8.19. The zero-order valence-corrected chi connectivity index (χ0v) is 13.1. The number of nitrogens with zero attached hydrogens (tertiary/aromatic N) is 2. The van der Waals surface area contributed by atoms with Gasteiger partial charge >= 0.3 is 6.03 Å². The average Bonchev–Trinajstić information content (AvgIpc) is 3.04. The van der Waals surface area contributed by atoms with Crippen molar-refractivity contribution < 1.29 is 9.18 Å². The molecule has 0 radical (unpaired) electrons. The maximum absolute atomic E-state index is 13.8. The quantitative estimate of drug-likeness (QED) is 0.910. The first-order valence-electron chi connectivity index (χ1n) is 8.19. The van der Waals surface area contributed by atoms with Crippen molar-refractivity contribution in [1.82, 2.24) is 9.80 Å². The van der Waals surface area contributed by atoms with Gasteiger partial charge in [0.2, 0.25) is 0 Å². The van der Waals surface area contributed by atoms with Crippen LogP contribution < -0.4 is 5.32 Å². The molecule has 1 aliphatic heterocycles. The molecule has 1 aliphatic carbocycles. The summed E-state index contributed by atoms with van der Waals surface area (Å²) in [6, 6.07) is 5.37. The average molecular weight is 305 g/mol. The lowest BCUT2D eigenvalue weighted by Gasteiger charge is -2.38. The van der Waals surface area contributed by atoms with E-state index < -0.39 is 0 Å². The summed E-state index contributed by atoms with van der Waals surface area (Å²) < 4.78 is 13.8. The normalized spacial score (nSPS) is 20.4. The number of rotatable bonds is 2. The monoisotopic (exact) mass is 305 g/mol. The Hall–Kier alpha value is -1.62. The largest absolute Gasteiger partial charge is 0.322 e. The van der Waals surface area contributed by atoms with E-state index in [1.54, 1.807) is 17.0 Å².